The third-order valence-electron chi connectivity index (χ3n) is 5.37. The standard InChI is InChI=1S/C21H28N2O6S2/c1-15-6-8-20(18(12-15)28-4)30(24,25)22-10-11-23(17(3)14-22)31(26,27)21-9-7-16(2)13-19(21)29-5/h6-9,12-13,17H,10-11,14H2,1-5H3/t17-/m0/s1. The van der Waals surface area contributed by atoms with Gasteiger partial charge in [0.05, 0.1) is 14.2 Å². The van der Waals surface area contributed by atoms with Gasteiger partial charge >= 0.3 is 0 Å². The number of rotatable bonds is 6. The summed E-state index contributed by atoms with van der Waals surface area (Å²) < 4.78 is 66.3. The molecular formula is C21H28N2O6S2. The van der Waals surface area contributed by atoms with E-state index in [4.69, 9.17) is 9.47 Å². The van der Waals surface area contributed by atoms with Crippen LogP contribution in [-0.4, -0.2) is 65.3 Å². The SMILES string of the molecule is COc1cc(C)ccc1S(=O)(=O)N1CCN(S(=O)(=O)c2ccc(C)cc2OC)[C@@H](C)C1. The van der Waals surface area contributed by atoms with E-state index < -0.39 is 26.1 Å². The van der Waals surface area contributed by atoms with Crippen LogP contribution in [0.2, 0.25) is 0 Å². The van der Waals surface area contributed by atoms with E-state index in [1.807, 2.05) is 13.8 Å². The molecule has 3 rings (SSSR count). The Kier molecular flexibility index (Phi) is 6.66. The van der Waals surface area contributed by atoms with Crippen molar-refractivity contribution in [3.63, 3.8) is 0 Å². The van der Waals surface area contributed by atoms with Gasteiger partial charge in [-0.1, -0.05) is 12.1 Å². The molecule has 2 aromatic rings. The number of hydrogen-bond acceptors (Lipinski definition) is 6. The summed E-state index contributed by atoms with van der Waals surface area (Å²) >= 11 is 0. The van der Waals surface area contributed by atoms with E-state index >= 15 is 0 Å². The topological polar surface area (TPSA) is 93.2 Å². The number of aryl methyl sites for hydroxylation is 2. The molecule has 8 nitrogen and oxygen atoms in total. The molecule has 1 saturated heterocycles. The Morgan fingerprint density at radius 3 is 1.74 bits per heavy atom. The zero-order valence-corrected chi connectivity index (χ0v) is 20.0. The molecule has 1 atom stereocenters. The van der Waals surface area contributed by atoms with E-state index in [0.717, 1.165) is 11.1 Å². The average Bonchev–Trinajstić information content (AvgIpc) is 2.72. The van der Waals surface area contributed by atoms with Crippen molar-refractivity contribution >= 4 is 20.0 Å². The van der Waals surface area contributed by atoms with E-state index in [2.05, 4.69) is 0 Å². The van der Waals surface area contributed by atoms with Gasteiger partial charge in [0.15, 0.2) is 0 Å². The van der Waals surface area contributed by atoms with Crippen molar-refractivity contribution in [1.82, 2.24) is 8.61 Å². The first-order valence-electron chi connectivity index (χ1n) is 9.83. The van der Waals surface area contributed by atoms with Crippen LogP contribution in [0.15, 0.2) is 46.2 Å². The lowest BCUT2D eigenvalue weighted by Gasteiger charge is -2.38. The zero-order valence-electron chi connectivity index (χ0n) is 18.3. The van der Waals surface area contributed by atoms with Gasteiger partial charge in [-0.15, -0.1) is 0 Å². The predicted molar refractivity (Wildman–Crippen MR) is 118 cm³/mol. The summed E-state index contributed by atoms with van der Waals surface area (Å²) in [7, 11) is -4.85. The van der Waals surface area contributed by atoms with Gasteiger partial charge in [0.25, 0.3) is 0 Å². The molecule has 0 saturated carbocycles. The van der Waals surface area contributed by atoms with E-state index in [0.29, 0.717) is 0 Å². The minimum Gasteiger partial charge on any atom is -0.495 e. The molecule has 0 N–H and O–H groups in total. The van der Waals surface area contributed by atoms with Crippen LogP contribution in [0, 0.1) is 13.8 Å². The van der Waals surface area contributed by atoms with E-state index in [9.17, 15) is 16.8 Å². The molecule has 1 aliphatic heterocycles. The Bertz CT molecular complexity index is 1180. The number of benzene rings is 2. The third kappa shape index (κ3) is 4.43. The maximum absolute atomic E-state index is 13.3. The number of sulfonamides is 2. The molecule has 1 heterocycles. The Balaban J connectivity index is 1.89. The van der Waals surface area contributed by atoms with Crippen molar-refractivity contribution in [2.24, 2.45) is 0 Å². The van der Waals surface area contributed by atoms with Crippen molar-refractivity contribution in [1.29, 1.82) is 0 Å². The summed E-state index contributed by atoms with van der Waals surface area (Å²) in [5.74, 6) is 0.540. The smallest absolute Gasteiger partial charge is 0.247 e. The van der Waals surface area contributed by atoms with Crippen molar-refractivity contribution in [2.75, 3.05) is 33.9 Å². The van der Waals surface area contributed by atoms with Crippen molar-refractivity contribution in [3.8, 4) is 11.5 Å². The van der Waals surface area contributed by atoms with E-state index in [1.165, 1.54) is 35.0 Å². The second-order valence-corrected chi connectivity index (χ2v) is 11.4. The molecule has 0 aliphatic carbocycles. The van der Waals surface area contributed by atoms with Crippen LogP contribution in [0.1, 0.15) is 18.1 Å². The molecule has 0 unspecified atom stereocenters. The van der Waals surface area contributed by atoms with Crippen LogP contribution in [0.25, 0.3) is 0 Å². The molecule has 1 aliphatic rings. The normalized spacial score (nSPS) is 18.7. The summed E-state index contributed by atoms with van der Waals surface area (Å²) in [6, 6.07) is 9.25. The molecule has 170 valence electrons. The molecule has 0 amide bonds. The summed E-state index contributed by atoms with van der Waals surface area (Å²) in [5, 5.41) is 0. The maximum Gasteiger partial charge on any atom is 0.247 e. The number of methoxy groups -OCH3 is 2. The number of nitrogens with zero attached hydrogens (tertiary/aromatic N) is 2. The first-order valence-corrected chi connectivity index (χ1v) is 12.7. The van der Waals surface area contributed by atoms with Crippen LogP contribution in [0.4, 0.5) is 0 Å². The first-order chi connectivity index (χ1) is 14.5. The lowest BCUT2D eigenvalue weighted by Crippen LogP contribution is -2.55. The Morgan fingerprint density at radius 1 is 0.806 bits per heavy atom. The lowest BCUT2D eigenvalue weighted by molar-refractivity contribution is 0.212. The second kappa shape index (κ2) is 8.78. The van der Waals surface area contributed by atoms with Gasteiger partial charge in [0.1, 0.15) is 21.3 Å². The maximum atomic E-state index is 13.3. The first kappa shape index (κ1) is 23.5. The van der Waals surface area contributed by atoms with Gasteiger partial charge in [-0.25, -0.2) is 16.8 Å². The Hall–Kier alpha value is -2.14. The fourth-order valence-electron chi connectivity index (χ4n) is 3.72. The molecule has 0 radical (unpaired) electrons. The summed E-state index contributed by atoms with van der Waals surface area (Å²) in [4.78, 5) is 0.147. The predicted octanol–water partition coefficient (Wildman–Crippen LogP) is 2.40. The van der Waals surface area contributed by atoms with Gasteiger partial charge in [0.2, 0.25) is 20.0 Å². The van der Waals surface area contributed by atoms with Crippen LogP contribution in [0.3, 0.4) is 0 Å². The van der Waals surface area contributed by atoms with Gasteiger partial charge in [-0.2, -0.15) is 8.61 Å². The molecule has 31 heavy (non-hydrogen) atoms. The van der Waals surface area contributed by atoms with Crippen LogP contribution in [0.5, 0.6) is 11.5 Å². The van der Waals surface area contributed by atoms with E-state index in [1.54, 1.807) is 31.2 Å². The monoisotopic (exact) mass is 468 g/mol. The summed E-state index contributed by atoms with van der Waals surface area (Å²) in [5.41, 5.74) is 1.76. The van der Waals surface area contributed by atoms with E-state index in [-0.39, 0.29) is 40.9 Å². The number of ether oxygens (including phenoxy) is 2. The van der Waals surface area contributed by atoms with Crippen molar-refractivity contribution in [3.05, 3.63) is 47.5 Å². The van der Waals surface area contributed by atoms with Crippen LogP contribution < -0.4 is 9.47 Å². The minimum absolute atomic E-state index is 0.0345. The van der Waals surface area contributed by atoms with Gasteiger partial charge in [0, 0.05) is 25.7 Å². The molecule has 10 heteroatoms. The summed E-state index contributed by atoms with van der Waals surface area (Å²) in [6.07, 6.45) is 0. The quantitative estimate of drug-likeness (QED) is 0.646. The average molecular weight is 469 g/mol. The minimum atomic E-state index is -3.86. The molecular weight excluding hydrogens is 440 g/mol. The van der Waals surface area contributed by atoms with Gasteiger partial charge in [-0.05, 0) is 56.2 Å². The van der Waals surface area contributed by atoms with Crippen molar-refractivity contribution in [2.45, 2.75) is 36.6 Å². The van der Waals surface area contributed by atoms with Crippen molar-refractivity contribution < 1.29 is 26.3 Å². The highest BCUT2D eigenvalue weighted by Gasteiger charge is 2.39. The molecule has 1 fully saturated rings. The molecule has 0 bridgehead atoms. The van der Waals surface area contributed by atoms with Crippen LogP contribution >= 0.6 is 0 Å². The fourth-order valence-corrected chi connectivity index (χ4v) is 7.12. The van der Waals surface area contributed by atoms with Gasteiger partial charge in [-0.3, -0.25) is 0 Å². The number of hydrogen-bond donors (Lipinski definition) is 0. The van der Waals surface area contributed by atoms with Gasteiger partial charge < -0.3 is 9.47 Å². The highest BCUT2D eigenvalue weighted by Crippen LogP contribution is 2.32. The Labute approximate surface area is 184 Å². The summed E-state index contributed by atoms with van der Waals surface area (Å²) in [6.45, 7) is 5.51. The largest absolute Gasteiger partial charge is 0.495 e. The lowest BCUT2D eigenvalue weighted by atomic mass is 10.2. The van der Waals surface area contributed by atoms with Crippen LogP contribution in [-0.2, 0) is 20.0 Å². The highest BCUT2D eigenvalue weighted by atomic mass is 32.2. The number of piperazine rings is 1. The molecule has 2 aromatic carbocycles. The highest BCUT2D eigenvalue weighted by molar-refractivity contribution is 7.89. The Morgan fingerprint density at radius 2 is 1.29 bits per heavy atom. The fraction of sp³-hybridized carbons (Fsp3) is 0.429. The molecule has 0 aromatic heterocycles. The second-order valence-electron chi connectivity index (χ2n) is 7.64. The third-order valence-corrected chi connectivity index (χ3v) is 9.33. The zero-order chi connectivity index (χ0) is 23.0. The molecule has 0 spiro atoms.